The van der Waals surface area contributed by atoms with Crippen LogP contribution >= 0.6 is 11.6 Å². The van der Waals surface area contributed by atoms with Crippen molar-refractivity contribution in [3.8, 4) is 0 Å². The van der Waals surface area contributed by atoms with E-state index in [4.69, 9.17) is 11.6 Å². The molecule has 0 saturated heterocycles. The molecule has 2 aromatic carbocycles. The monoisotopic (exact) mass is 354 g/mol. The van der Waals surface area contributed by atoms with Gasteiger partial charge in [0, 0.05) is 35.1 Å². The smallest absolute Gasteiger partial charge is 0.251 e. The first-order valence-corrected chi connectivity index (χ1v) is 8.48. The molecule has 5 heteroatoms. The molecule has 4 nitrogen and oxygen atoms in total. The van der Waals surface area contributed by atoms with Gasteiger partial charge in [-0.25, -0.2) is 0 Å². The van der Waals surface area contributed by atoms with Crippen molar-refractivity contribution in [1.82, 2.24) is 4.57 Å². The molecule has 128 valence electrons. The minimum absolute atomic E-state index is 0.0950. The molecule has 1 amide bonds. The molecule has 0 aliphatic heterocycles. The Bertz CT molecular complexity index is 1010. The summed E-state index contributed by atoms with van der Waals surface area (Å²) >= 11 is 6.07. The van der Waals surface area contributed by atoms with Gasteiger partial charge >= 0.3 is 0 Å². The number of aryl methyl sites for hydroxylation is 3. The summed E-state index contributed by atoms with van der Waals surface area (Å²) in [6.45, 7) is 4.15. The van der Waals surface area contributed by atoms with Gasteiger partial charge in [-0.2, -0.15) is 0 Å². The van der Waals surface area contributed by atoms with E-state index in [2.05, 4.69) is 5.32 Å². The van der Waals surface area contributed by atoms with E-state index in [1.807, 2.05) is 50.2 Å². The Morgan fingerprint density at radius 2 is 1.84 bits per heavy atom. The Kier molecular flexibility index (Phi) is 4.91. The molecule has 0 aliphatic rings. The third-order valence-electron chi connectivity index (χ3n) is 4.24. The van der Waals surface area contributed by atoms with Gasteiger partial charge in [-0.1, -0.05) is 35.9 Å². The van der Waals surface area contributed by atoms with Crippen molar-refractivity contribution in [2.45, 2.75) is 26.8 Å². The maximum atomic E-state index is 12.3. The second kappa shape index (κ2) is 7.11. The van der Waals surface area contributed by atoms with Crippen molar-refractivity contribution in [3.63, 3.8) is 0 Å². The van der Waals surface area contributed by atoms with Crippen LogP contribution in [0.1, 0.15) is 17.5 Å². The lowest BCUT2D eigenvalue weighted by Gasteiger charge is -2.12. The van der Waals surface area contributed by atoms with Crippen LogP contribution in [-0.2, 0) is 11.3 Å². The summed E-state index contributed by atoms with van der Waals surface area (Å²) in [6.07, 6.45) is 0.207. The number of benzene rings is 2. The number of hydrogen-bond donors (Lipinski definition) is 1. The van der Waals surface area contributed by atoms with Gasteiger partial charge in [-0.05, 0) is 43.2 Å². The highest BCUT2D eigenvalue weighted by Gasteiger charge is 2.09. The molecule has 0 spiro atoms. The number of hydrogen-bond acceptors (Lipinski definition) is 2. The molecule has 0 fully saturated rings. The number of aromatic nitrogens is 1. The van der Waals surface area contributed by atoms with Crippen LogP contribution in [0.15, 0.2) is 53.3 Å². The molecule has 3 aromatic rings. The summed E-state index contributed by atoms with van der Waals surface area (Å²) in [5.74, 6) is -0.156. The zero-order valence-corrected chi connectivity index (χ0v) is 14.9. The van der Waals surface area contributed by atoms with Crippen molar-refractivity contribution < 1.29 is 4.79 Å². The van der Waals surface area contributed by atoms with E-state index in [0.717, 1.165) is 22.0 Å². The summed E-state index contributed by atoms with van der Waals surface area (Å²) in [7, 11) is 0. The molecule has 1 heterocycles. The number of para-hydroxylation sites is 1. The highest BCUT2D eigenvalue weighted by molar-refractivity contribution is 6.31. The molecule has 1 aromatic heterocycles. The number of carbonyl (C=O) groups is 1. The minimum Gasteiger partial charge on any atom is -0.326 e. The maximum Gasteiger partial charge on any atom is 0.251 e. The van der Waals surface area contributed by atoms with E-state index in [1.165, 1.54) is 0 Å². The Morgan fingerprint density at radius 1 is 1.08 bits per heavy atom. The fraction of sp³-hybridized carbons (Fsp3) is 0.200. The number of anilines is 1. The number of pyridine rings is 1. The van der Waals surface area contributed by atoms with Crippen molar-refractivity contribution in [2.75, 3.05) is 5.32 Å². The number of carbonyl (C=O) groups excluding carboxylic acids is 1. The van der Waals surface area contributed by atoms with E-state index in [-0.39, 0.29) is 17.9 Å². The first-order valence-electron chi connectivity index (χ1n) is 8.11. The minimum atomic E-state index is -0.156. The molecule has 0 atom stereocenters. The summed E-state index contributed by atoms with van der Waals surface area (Å²) in [5, 5.41) is 4.45. The van der Waals surface area contributed by atoms with Gasteiger partial charge in [0.05, 0.1) is 5.52 Å². The maximum absolute atomic E-state index is 12.3. The lowest BCUT2D eigenvalue weighted by Crippen LogP contribution is -2.23. The van der Waals surface area contributed by atoms with Gasteiger partial charge in [-0.15, -0.1) is 0 Å². The molecule has 25 heavy (non-hydrogen) atoms. The average Bonchev–Trinajstić information content (AvgIpc) is 2.58. The lowest BCUT2D eigenvalue weighted by molar-refractivity contribution is -0.116. The van der Waals surface area contributed by atoms with Gasteiger partial charge in [0.15, 0.2) is 0 Å². The van der Waals surface area contributed by atoms with Crippen molar-refractivity contribution in [2.24, 2.45) is 0 Å². The fourth-order valence-electron chi connectivity index (χ4n) is 2.84. The Morgan fingerprint density at radius 3 is 2.60 bits per heavy atom. The van der Waals surface area contributed by atoms with E-state index in [9.17, 15) is 9.59 Å². The van der Waals surface area contributed by atoms with Crippen LogP contribution in [0.4, 0.5) is 5.69 Å². The highest BCUT2D eigenvalue weighted by Crippen LogP contribution is 2.20. The van der Waals surface area contributed by atoms with Crippen LogP contribution < -0.4 is 10.9 Å². The molecule has 0 aliphatic carbocycles. The van der Waals surface area contributed by atoms with Gasteiger partial charge in [-0.3, -0.25) is 9.59 Å². The molecule has 1 N–H and O–H groups in total. The third kappa shape index (κ3) is 3.74. The predicted molar refractivity (Wildman–Crippen MR) is 102 cm³/mol. The van der Waals surface area contributed by atoms with Crippen LogP contribution in [0.3, 0.4) is 0 Å². The molecular formula is C20H19ClN2O2. The quantitative estimate of drug-likeness (QED) is 0.759. The van der Waals surface area contributed by atoms with Crippen molar-refractivity contribution in [1.29, 1.82) is 0 Å². The number of rotatable bonds is 4. The predicted octanol–water partition coefficient (Wildman–Crippen LogP) is 4.30. The molecular weight excluding hydrogens is 336 g/mol. The number of amides is 1. The normalized spacial score (nSPS) is 10.8. The molecule has 0 bridgehead atoms. The Hall–Kier alpha value is -2.59. The third-order valence-corrected chi connectivity index (χ3v) is 4.65. The van der Waals surface area contributed by atoms with Crippen LogP contribution in [0, 0.1) is 13.8 Å². The van der Waals surface area contributed by atoms with Crippen molar-refractivity contribution in [3.05, 3.63) is 75.0 Å². The van der Waals surface area contributed by atoms with Crippen LogP contribution in [0.25, 0.3) is 10.9 Å². The summed E-state index contributed by atoms with van der Waals surface area (Å²) < 4.78 is 1.64. The molecule has 0 unspecified atom stereocenters. The molecule has 3 rings (SSSR count). The second-order valence-electron chi connectivity index (χ2n) is 6.10. The standard InChI is InChI=1S/C20H19ClN2O2/c1-13-7-8-15(12-17(13)21)22-19(24)9-10-23-18-6-4-3-5-16(18)14(2)11-20(23)25/h3-8,11-12H,9-10H2,1-2H3,(H,22,24). The van der Waals surface area contributed by atoms with E-state index in [0.29, 0.717) is 17.3 Å². The van der Waals surface area contributed by atoms with E-state index >= 15 is 0 Å². The first-order chi connectivity index (χ1) is 12.0. The van der Waals surface area contributed by atoms with Gasteiger partial charge in [0.1, 0.15) is 0 Å². The van der Waals surface area contributed by atoms with E-state index in [1.54, 1.807) is 16.7 Å². The topological polar surface area (TPSA) is 51.1 Å². The summed E-state index contributed by atoms with van der Waals surface area (Å²) in [5.41, 5.74) is 3.30. The van der Waals surface area contributed by atoms with Crippen LogP contribution in [-0.4, -0.2) is 10.5 Å². The van der Waals surface area contributed by atoms with Crippen LogP contribution in [0.2, 0.25) is 5.02 Å². The zero-order valence-electron chi connectivity index (χ0n) is 14.2. The number of nitrogens with one attached hydrogen (secondary N) is 1. The zero-order chi connectivity index (χ0) is 18.0. The first kappa shape index (κ1) is 17.2. The summed E-state index contributed by atoms with van der Waals surface area (Å²) in [6, 6.07) is 14.7. The molecule has 0 saturated carbocycles. The highest BCUT2D eigenvalue weighted by atomic mass is 35.5. The number of nitrogens with zero attached hydrogens (tertiary/aromatic N) is 1. The fourth-order valence-corrected chi connectivity index (χ4v) is 3.02. The van der Waals surface area contributed by atoms with Crippen LogP contribution in [0.5, 0.6) is 0 Å². The Labute approximate surface area is 151 Å². The largest absolute Gasteiger partial charge is 0.326 e. The van der Waals surface area contributed by atoms with Gasteiger partial charge in [0.2, 0.25) is 5.91 Å². The SMILES string of the molecule is Cc1ccc(NC(=O)CCn2c(=O)cc(C)c3ccccc32)cc1Cl. The second-order valence-corrected chi connectivity index (χ2v) is 6.50. The van der Waals surface area contributed by atoms with Gasteiger partial charge < -0.3 is 9.88 Å². The number of halogens is 1. The van der Waals surface area contributed by atoms with Crippen molar-refractivity contribution >= 4 is 34.1 Å². The van der Waals surface area contributed by atoms with Gasteiger partial charge in [0.25, 0.3) is 5.56 Å². The average molecular weight is 355 g/mol. The van der Waals surface area contributed by atoms with E-state index < -0.39 is 0 Å². The Balaban J connectivity index is 1.77. The lowest BCUT2D eigenvalue weighted by atomic mass is 10.1. The molecule has 0 radical (unpaired) electrons. The number of fused-ring (bicyclic) bond motifs is 1. The summed E-state index contributed by atoms with van der Waals surface area (Å²) in [4.78, 5) is 24.5.